The third kappa shape index (κ3) is 2.02. The van der Waals surface area contributed by atoms with E-state index in [2.05, 4.69) is 15.0 Å². The highest BCUT2D eigenvalue weighted by molar-refractivity contribution is 7.15. The number of imidazole rings is 1. The van der Waals surface area contributed by atoms with Crippen LogP contribution in [-0.2, 0) is 6.42 Å². The second kappa shape index (κ2) is 4.30. The van der Waals surface area contributed by atoms with Crippen molar-refractivity contribution in [1.29, 1.82) is 0 Å². The number of Topliss-reactive ketones (excluding diaryl/α,β-unsaturated/α-hetero) is 1. The lowest BCUT2D eigenvalue weighted by atomic mass is 10.2. The summed E-state index contributed by atoms with van der Waals surface area (Å²) in [6.07, 6.45) is 5.67. The molecule has 0 saturated carbocycles. The van der Waals surface area contributed by atoms with E-state index in [1.807, 2.05) is 22.2 Å². The van der Waals surface area contributed by atoms with Crippen LogP contribution in [0.1, 0.15) is 22.0 Å². The van der Waals surface area contributed by atoms with Crippen LogP contribution in [0, 0.1) is 6.92 Å². The predicted octanol–water partition coefficient (Wildman–Crippen LogP) is 1.92. The molecule has 0 saturated heterocycles. The van der Waals surface area contributed by atoms with Gasteiger partial charge in [-0.25, -0.2) is 15.0 Å². The summed E-state index contributed by atoms with van der Waals surface area (Å²) in [5, 5.41) is 1.96. The minimum atomic E-state index is -0.0359. The van der Waals surface area contributed by atoms with Gasteiger partial charge in [-0.05, 0) is 13.0 Å². The van der Waals surface area contributed by atoms with Gasteiger partial charge >= 0.3 is 0 Å². The molecule has 0 aliphatic rings. The van der Waals surface area contributed by atoms with Crippen molar-refractivity contribution < 1.29 is 4.79 Å². The van der Waals surface area contributed by atoms with Gasteiger partial charge in [-0.1, -0.05) is 0 Å². The lowest BCUT2D eigenvalue weighted by molar-refractivity contribution is 0.0987. The first-order valence-electron chi connectivity index (χ1n) is 5.46. The Morgan fingerprint density at radius 2 is 2.33 bits per heavy atom. The molecule has 0 bridgehead atoms. The Morgan fingerprint density at radius 3 is 3.11 bits per heavy atom. The minimum absolute atomic E-state index is 0.0359. The van der Waals surface area contributed by atoms with Crippen LogP contribution in [0.5, 0.6) is 0 Å². The third-order valence-corrected chi connectivity index (χ3v) is 3.32. The fraction of sp³-hybridized carbons (Fsp3) is 0.167. The summed E-state index contributed by atoms with van der Waals surface area (Å²) in [5.74, 6) is 0.568. The van der Waals surface area contributed by atoms with E-state index >= 15 is 0 Å². The number of nitrogens with zero attached hydrogens (tertiary/aromatic N) is 4. The molecule has 0 fully saturated rings. The van der Waals surface area contributed by atoms with Crippen LogP contribution < -0.4 is 0 Å². The lowest BCUT2D eigenvalue weighted by Gasteiger charge is -1.98. The van der Waals surface area contributed by atoms with Crippen LogP contribution in [0.25, 0.3) is 4.96 Å². The lowest BCUT2D eigenvalue weighted by Crippen LogP contribution is -2.07. The van der Waals surface area contributed by atoms with Crippen molar-refractivity contribution in [3.63, 3.8) is 0 Å². The number of hydrogen-bond donors (Lipinski definition) is 0. The fourth-order valence-corrected chi connectivity index (χ4v) is 2.45. The quantitative estimate of drug-likeness (QED) is 0.673. The maximum absolute atomic E-state index is 12.0. The highest BCUT2D eigenvalue weighted by atomic mass is 32.1. The Balaban J connectivity index is 1.84. The molecule has 18 heavy (non-hydrogen) atoms. The molecule has 0 aromatic carbocycles. The van der Waals surface area contributed by atoms with Crippen molar-refractivity contribution in [1.82, 2.24) is 19.4 Å². The Kier molecular flexibility index (Phi) is 2.64. The second-order valence-corrected chi connectivity index (χ2v) is 4.79. The number of rotatable bonds is 3. The van der Waals surface area contributed by atoms with Crippen molar-refractivity contribution in [2.24, 2.45) is 0 Å². The standard InChI is InChI=1S/C12H10N4OS/c1-8-13-3-2-10(14-8)11(17)6-9-7-16-4-5-18-12(16)15-9/h2-5,7H,6H2,1H3. The maximum Gasteiger partial charge on any atom is 0.193 e. The van der Waals surface area contributed by atoms with Gasteiger partial charge in [0.2, 0.25) is 0 Å². The van der Waals surface area contributed by atoms with Crippen LogP contribution >= 0.6 is 11.3 Å². The van der Waals surface area contributed by atoms with Gasteiger partial charge in [0.1, 0.15) is 11.5 Å². The highest BCUT2D eigenvalue weighted by Gasteiger charge is 2.12. The summed E-state index contributed by atoms with van der Waals surface area (Å²) in [7, 11) is 0. The summed E-state index contributed by atoms with van der Waals surface area (Å²) >= 11 is 1.55. The third-order valence-electron chi connectivity index (χ3n) is 2.55. The molecule has 0 spiro atoms. The molecule has 0 aliphatic heterocycles. The molecule has 0 unspecified atom stereocenters. The fourth-order valence-electron chi connectivity index (χ4n) is 1.73. The summed E-state index contributed by atoms with van der Waals surface area (Å²) in [4.78, 5) is 25.4. The van der Waals surface area contributed by atoms with Crippen molar-refractivity contribution in [3.8, 4) is 0 Å². The Hall–Kier alpha value is -2.08. The minimum Gasteiger partial charge on any atom is -0.297 e. The van der Waals surface area contributed by atoms with E-state index in [0.29, 0.717) is 11.5 Å². The van der Waals surface area contributed by atoms with E-state index in [0.717, 1.165) is 10.7 Å². The number of aromatic nitrogens is 4. The molecular weight excluding hydrogens is 248 g/mol. The van der Waals surface area contributed by atoms with Crippen molar-refractivity contribution in [2.45, 2.75) is 13.3 Å². The number of carbonyl (C=O) groups is 1. The molecule has 0 radical (unpaired) electrons. The summed E-state index contributed by atoms with van der Waals surface area (Å²) in [6.45, 7) is 1.77. The summed E-state index contributed by atoms with van der Waals surface area (Å²) < 4.78 is 1.92. The van der Waals surface area contributed by atoms with E-state index in [4.69, 9.17) is 0 Å². The number of hydrogen-bond acceptors (Lipinski definition) is 5. The molecule has 3 aromatic heterocycles. The average Bonchev–Trinajstić information content (AvgIpc) is 2.89. The van der Waals surface area contributed by atoms with Crippen LogP contribution in [-0.4, -0.2) is 25.1 Å². The van der Waals surface area contributed by atoms with Crippen LogP contribution in [0.2, 0.25) is 0 Å². The molecule has 5 nitrogen and oxygen atoms in total. The molecule has 3 heterocycles. The highest BCUT2D eigenvalue weighted by Crippen LogP contribution is 2.12. The number of thiazole rings is 1. The monoisotopic (exact) mass is 258 g/mol. The number of carbonyl (C=O) groups excluding carboxylic acids is 1. The zero-order valence-electron chi connectivity index (χ0n) is 9.70. The normalized spacial score (nSPS) is 10.9. The first-order valence-corrected chi connectivity index (χ1v) is 6.34. The van der Waals surface area contributed by atoms with Gasteiger partial charge in [0, 0.05) is 24.0 Å². The zero-order chi connectivity index (χ0) is 12.5. The molecular formula is C12H10N4OS. The van der Waals surface area contributed by atoms with E-state index in [-0.39, 0.29) is 12.2 Å². The predicted molar refractivity (Wildman–Crippen MR) is 67.9 cm³/mol. The van der Waals surface area contributed by atoms with Crippen molar-refractivity contribution >= 4 is 22.1 Å². The summed E-state index contributed by atoms with van der Waals surface area (Å²) in [5.41, 5.74) is 1.21. The van der Waals surface area contributed by atoms with Gasteiger partial charge in [0.25, 0.3) is 0 Å². The first kappa shape index (κ1) is 11.0. The second-order valence-electron chi connectivity index (χ2n) is 3.91. The van der Waals surface area contributed by atoms with E-state index in [1.54, 1.807) is 30.5 Å². The molecule has 0 aliphatic carbocycles. The molecule has 3 rings (SSSR count). The topological polar surface area (TPSA) is 60.2 Å². The smallest absolute Gasteiger partial charge is 0.193 e. The van der Waals surface area contributed by atoms with Crippen LogP contribution in [0.3, 0.4) is 0 Å². The van der Waals surface area contributed by atoms with Crippen LogP contribution in [0.15, 0.2) is 30.0 Å². The number of ketones is 1. The molecule has 0 atom stereocenters. The van der Waals surface area contributed by atoms with Gasteiger partial charge in [-0.2, -0.15) is 0 Å². The van der Waals surface area contributed by atoms with Gasteiger partial charge in [0.05, 0.1) is 12.1 Å². The van der Waals surface area contributed by atoms with E-state index in [9.17, 15) is 4.79 Å². The van der Waals surface area contributed by atoms with Gasteiger partial charge in [0.15, 0.2) is 10.7 Å². The van der Waals surface area contributed by atoms with Crippen LogP contribution in [0.4, 0.5) is 0 Å². The Morgan fingerprint density at radius 1 is 1.44 bits per heavy atom. The van der Waals surface area contributed by atoms with E-state index in [1.165, 1.54) is 0 Å². The molecule has 6 heteroatoms. The SMILES string of the molecule is Cc1nccc(C(=O)Cc2cn3ccsc3n2)n1. The Bertz CT molecular complexity index is 687. The maximum atomic E-state index is 12.0. The van der Waals surface area contributed by atoms with Gasteiger partial charge in [-0.3, -0.25) is 9.20 Å². The number of aryl methyl sites for hydroxylation is 1. The number of fused-ring (bicyclic) bond motifs is 1. The largest absolute Gasteiger partial charge is 0.297 e. The zero-order valence-corrected chi connectivity index (χ0v) is 10.5. The van der Waals surface area contributed by atoms with Gasteiger partial charge in [-0.15, -0.1) is 11.3 Å². The molecule has 3 aromatic rings. The van der Waals surface area contributed by atoms with Crippen molar-refractivity contribution in [2.75, 3.05) is 0 Å². The molecule has 0 N–H and O–H groups in total. The Labute approximate surface area is 107 Å². The van der Waals surface area contributed by atoms with E-state index < -0.39 is 0 Å². The average molecular weight is 258 g/mol. The summed E-state index contributed by atoms with van der Waals surface area (Å²) in [6, 6.07) is 1.63. The van der Waals surface area contributed by atoms with Crippen molar-refractivity contribution in [3.05, 3.63) is 47.2 Å². The molecule has 0 amide bonds. The first-order chi connectivity index (χ1) is 8.72. The molecule has 90 valence electrons. The van der Waals surface area contributed by atoms with Gasteiger partial charge < -0.3 is 0 Å².